The molecule has 2 aliphatic rings. The third-order valence-electron chi connectivity index (χ3n) is 5.58. The Bertz CT molecular complexity index is 866. The number of ether oxygens (including phenoxy) is 3. The Kier molecular flexibility index (Phi) is 6.77. The van der Waals surface area contributed by atoms with E-state index in [0.29, 0.717) is 6.79 Å². The zero-order valence-corrected chi connectivity index (χ0v) is 19.4. The van der Waals surface area contributed by atoms with Gasteiger partial charge in [0.2, 0.25) is 6.79 Å². The van der Waals surface area contributed by atoms with Crippen LogP contribution in [0.15, 0.2) is 47.5 Å². The quantitative estimate of drug-likeness (QED) is 0.365. The molecule has 0 spiro atoms. The Labute approximate surface area is 189 Å². The fourth-order valence-corrected chi connectivity index (χ4v) is 3.66. The lowest BCUT2D eigenvalue weighted by atomic mass is 9.95. The van der Waals surface area contributed by atoms with E-state index in [0.717, 1.165) is 36.3 Å². The second-order valence-electron chi connectivity index (χ2n) is 7.45. The maximum Gasteiger partial charge on any atom is 0.231 e. The largest absolute Gasteiger partial charge is 0.497 e. The Balaban J connectivity index is 0.00000240. The number of guanidine groups is 1. The Morgan fingerprint density at radius 3 is 2.52 bits per heavy atom. The van der Waals surface area contributed by atoms with Crippen molar-refractivity contribution in [2.24, 2.45) is 4.99 Å². The van der Waals surface area contributed by atoms with E-state index in [1.807, 2.05) is 25.2 Å². The Hall–Kier alpha value is -2.16. The molecule has 1 fully saturated rings. The molecule has 0 saturated heterocycles. The van der Waals surface area contributed by atoms with Crippen LogP contribution in [0, 0.1) is 0 Å². The number of hydrogen-bond donors (Lipinski definition) is 1. The first kappa shape index (κ1) is 21.5. The lowest BCUT2D eigenvalue weighted by Gasteiger charge is -2.25. The lowest BCUT2D eigenvalue weighted by Crippen LogP contribution is -2.42. The maximum atomic E-state index is 5.55. The summed E-state index contributed by atoms with van der Waals surface area (Å²) in [4.78, 5) is 6.60. The van der Waals surface area contributed by atoms with Gasteiger partial charge in [0.1, 0.15) is 5.75 Å². The molecule has 4 rings (SSSR count). The molecule has 1 saturated carbocycles. The minimum atomic E-state index is 0. The van der Waals surface area contributed by atoms with E-state index in [-0.39, 0.29) is 29.4 Å². The minimum Gasteiger partial charge on any atom is -0.497 e. The molecule has 2 aromatic carbocycles. The van der Waals surface area contributed by atoms with Gasteiger partial charge in [-0.3, -0.25) is 4.99 Å². The van der Waals surface area contributed by atoms with E-state index in [1.165, 1.54) is 24.0 Å². The van der Waals surface area contributed by atoms with Gasteiger partial charge in [-0.05, 0) is 48.2 Å². The van der Waals surface area contributed by atoms with Gasteiger partial charge in [0.25, 0.3) is 0 Å². The van der Waals surface area contributed by atoms with Crippen molar-refractivity contribution in [1.82, 2.24) is 10.2 Å². The highest BCUT2D eigenvalue weighted by Gasteiger charge is 2.45. The molecule has 29 heavy (non-hydrogen) atoms. The van der Waals surface area contributed by atoms with Crippen LogP contribution >= 0.6 is 24.0 Å². The molecule has 1 aliphatic heterocycles. The summed E-state index contributed by atoms with van der Waals surface area (Å²) in [5.74, 6) is 3.45. The Morgan fingerprint density at radius 2 is 1.86 bits per heavy atom. The minimum absolute atomic E-state index is 0. The van der Waals surface area contributed by atoms with Gasteiger partial charge in [-0.25, -0.2) is 0 Å². The first-order chi connectivity index (χ1) is 13.6. The average molecular weight is 509 g/mol. The predicted octanol–water partition coefficient (Wildman–Crippen LogP) is 3.78. The molecule has 0 atom stereocenters. The van der Waals surface area contributed by atoms with Crippen molar-refractivity contribution >= 4 is 29.9 Å². The molecule has 1 heterocycles. The summed E-state index contributed by atoms with van der Waals surface area (Å²) >= 11 is 0. The number of aliphatic imine (C=N–C) groups is 1. The monoisotopic (exact) mass is 509 g/mol. The molecular formula is C22H28IN3O3. The zero-order valence-electron chi connectivity index (χ0n) is 17.1. The highest BCUT2D eigenvalue weighted by molar-refractivity contribution is 14.0. The van der Waals surface area contributed by atoms with Crippen LogP contribution in [0.3, 0.4) is 0 Å². The zero-order chi connectivity index (χ0) is 19.6. The number of rotatable bonds is 6. The van der Waals surface area contributed by atoms with E-state index in [4.69, 9.17) is 14.2 Å². The van der Waals surface area contributed by atoms with Crippen LogP contribution in [-0.4, -0.2) is 45.4 Å². The molecule has 0 bridgehead atoms. The standard InChI is InChI=1S/C22H27N3O3.HI/c1-23-21(25(2)13-16-4-7-18(26-3)8-5-16)24-14-22(10-11-22)17-6-9-19-20(12-17)28-15-27-19;/h4-9,12H,10-11,13-15H2,1-3H3,(H,23,24);1H. The van der Waals surface area contributed by atoms with Crippen LogP contribution in [0.1, 0.15) is 24.0 Å². The molecule has 1 aliphatic carbocycles. The van der Waals surface area contributed by atoms with Crippen LogP contribution in [0.4, 0.5) is 0 Å². The van der Waals surface area contributed by atoms with Crippen molar-refractivity contribution < 1.29 is 14.2 Å². The van der Waals surface area contributed by atoms with Crippen molar-refractivity contribution in [3.05, 3.63) is 53.6 Å². The number of hydrogen-bond acceptors (Lipinski definition) is 4. The van der Waals surface area contributed by atoms with Gasteiger partial charge < -0.3 is 24.4 Å². The molecule has 0 unspecified atom stereocenters. The topological polar surface area (TPSA) is 55.3 Å². The molecular weight excluding hydrogens is 481 g/mol. The summed E-state index contributed by atoms with van der Waals surface area (Å²) in [6.45, 7) is 1.94. The van der Waals surface area contributed by atoms with Crippen LogP contribution in [-0.2, 0) is 12.0 Å². The highest BCUT2D eigenvalue weighted by Crippen LogP contribution is 2.49. The third-order valence-corrected chi connectivity index (χ3v) is 5.58. The van der Waals surface area contributed by atoms with Gasteiger partial charge >= 0.3 is 0 Å². The smallest absolute Gasteiger partial charge is 0.231 e. The Morgan fingerprint density at radius 1 is 1.14 bits per heavy atom. The number of fused-ring (bicyclic) bond motifs is 1. The molecule has 2 aromatic rings. The van der Waals surface area contributed by atoms with E-state index in [2.05, 4.69) is 46.5 Å². The number of halogens is 1. The predicted molar refractivity (Wildman–Crippen MR) is 125 cm³/mol. The summed E-state index contributed by atoms with van der Waals surface area (Å²) in [6.07, 6.45) is 2.33. The second-order valence-corrected chi connectivity index (χ2v) is 7.45. The third kappa shape index (κ3) is 4.71. The van der Waals surface area contributed by atoms with Crippen LogP contribution in [0.5, 0.6) is 17.2 Å². The molecule has 6 nitrogen and oxygen atoms in total. The molecule has 0 aromatic heterocycles. The van der Waals surface area contributed by atoms with Gasteiger partial charge in [0.15, 0.2) is 17.5 Å². The summed E-state index contributed by atoms with van der Waals surface area (Å²) < 4.78 is 16.2. The van der Waals surface area contributed by atoms with E-state index in [1.54, 1.807) is 7.11 Å². The number of methoxy groups -OCH3 is 1. The van der Waals surface area contributed by atoms with Gasteiger partial charge in [-0.2, -0.15) is 0 Å². The average Bonchev–Trinajstić information content (AvgIpc) is 3.36. The molecule has 7 heteroatoms. The summed E-state index contributed by atoms with van der Waals surface area (Å²) in [5, 5.41) is 3.56. The SMILES string of the molecule is CN=C(NCC1(c2ccc3c(c2)OCO3)CC1)N(C)Cc1ccc(OC)cc1.I. The number of nitrogens with one attached hydrogen (secondary N) is 1. The van der Waals surface area contributed by atoms with E-state index in [9.17, 15) is 0 Å². The summed E-state index contributed by atoms with van der Waals surface area (Å²) in [6, 6.07) is 14.4. The normalized spacial score (nSPS) is 16.0. The second kappa shape index (κ2) is 9.11. The number of benzene rings is 2. The molecule has 0 amide bonds. The van der Waals surface area contributed by atoms with E-state index < -0.39 is 0 Å². The van der Waals surface area contributed by atoms with E-state index >= 15 is 0 Å². The molecule has 0 radical (unpaired) electrons. The first-order valence-electron chi connectivity index (χ1n) is 9.58. The van der Waals surface area contributed by atoms with Crippen molar-refractivity contribution in [1.29, 1.82) is 0 Å². The van der Waals surface area contributed by atoms with Crippen LogP contribution < -0.4 is 19.5 Å². The first-order valence-corrected chi connectivity index (χ1v) is 9.58. The van der Waals surface area contributed by atoms with Gasteiger partial charge in [0.05, 0.1) is 7.11 Å². The van der Waals surface area contributed by atoms with Gasteiger partial charge in [-0.1, -0.05) is 18.2 Å². The fourth-order valence-electron chi connectivity index (χ4n) is 3.66. The summed E-state index contributed by atoms with van der Waals surface area (Å²) in [5.41, 5.74) is 2.67. The van der Waals surface area contributed by atoms with Crippen molar-refractivity contribution in [2.45, 2.75) is 24.8 Å². The molecule has 156 valence electrons. The van der Waals surface area contributed by atoms with Crippen molar-refractivity contribution in [3.63, 3.8) is 0 Å². The van der Waals surface area contributed by atoms with Crippen LogP contribution in [0.2, 0.25) is 0 Å². The van der Waals surface area contributed by atoms with Gasteiger partial charge in [0, 0.05) is 32.6 Å². The number of nitrogens with zero attached hydrogens (tertiary/aromatic N) is 2. The molecule has 1 N–H and O–H groups in total. The van der Waals surface area contributed by atoms with Crippen molar-refractivity contribution in [2.75, 3.05) is 34.5 Å². The summed E-state index contributed by atoms with van der Waals surface area (Å²) in [7, 11) is 5.56. The van der Waals surface area contributed by atoms with Gasteiger partial charge in [-0.15, -0.1) is 24.0 Å². The van der Waals surface area contributed by atoms with Crippen molar-refractivity contribution in [3.8, 4) is 17.2 Å². The highest BCUT2D eigenvalue weighted by atomic mass is 127. The fraction of sp³-hybridized carbons (Fsp3) is 0.409. The maximum absolute atomic E-state index is 5.55. The lowest BCUT2D eigenvalue weighted by molar-refractivity contribution is 0.174. The van der Waals surface area contributed by atoms with Crippen LogP contribution in [0.25, 0.3) is 0 Å².